The van der Waals surface area contributed by atoms with Crippen LogP contribution in [0, 0.1) is 12.3 Å². The third-order valence-electron chi connectivity index (χ3n) is 8.22. The molecule has 12 heteroatoms. The van der Waals surface area contributed by atoms with Crippen molar-refractivity contribution >= 4 is 34.9 Å². The molecule has 1 aliphatic carbocycles. The Balaban J connectivity index is 1.51. The lowest BCUT2D eigenvalue weighted by Gasteiger charge is -2.47. The maximum atomic E-state index is 13.5. The zero-order valence-corrected chi connectivity index (χ0v) is 21.8. The number of amides is 1. The van der Waals surface area contributed by atoms with Crippen molar-refractivity contribution < 1.29 is 23.1 Å². The van der Waals surface area contributed by atoms with E-state index in [2.05, 4.69) is 4.98 Å². The molecule has 7 nitrogen and oxygen atoms in total. The predicted molar refractivity (Wildman–Crippen MR) is 135 cm³/mol. The standard InChI is InChI=1S/C25H28Cl2F3N5O2/c1-14-19(15-4-2-5-16(26)18(15)27)33-20(22(36)35-12-24(37,13-35)25(28,29)30)21(32-14)34-10-8-23(9-11-34)7-3-6-17(23)31/h2,4-5,17,37H,3,6-13,31H2,1H3/t17-/m1/s1. The summed E-state index contributed by atoms with van der Waals surface area (Å²) in [5, 5.41) is 10.4. The smallest absolute Gasteiger partial charge is 0.378 e. The average molecular weight is 558 g/mol. The number of anilines is 1. The van der Waals surface area contributed by atoms with E-state index in [9.17, 15) is 23.1 Å². The molecule has 1 atom stereocenters. The zero-order chi connectivity index (χ0) is 26.8. The van der Waals surface area contributed by atoms with Crippen LogP contribution in [0.2, 0.25) is 10.0 Å². The summed E-state index contributed by atoms with van der Waals surface area (Å²) in [7, 11) is 0. The molecule has 1 saturated carbocycles. The van der Waals surface area contributed by atoms with Crippen LogP contribution in [0.3, 0.4) is 0 Å². The van der Waals surface area contributed by atoms with Crippen LogP contribution in [-0.4, -0.2) is 69.9 Å². The lowest BCUT2D eigenvalue weighted by molar-refractivity contribution is -0.294. The summed E-state index contributed by atoms with van der Waals surface area (Å²) in [6.45, 7) is 1.21. The number of carbonyl (C=O) groups excluding carboxylic acids is 1. The highest BCUT2D eigenvalue weighted by molar-refractivity contribution is 6.43. The first kappa shape index (κ1) is 26.5. The highest BCUT2D eigenvalue weighted by Gasteiger charge is 2.62. The summed E-state index contributed by atoms with van der Waals surface area (Å²) < 4.78 is 39.7. The molecule has 1 aromatic heterocycles. The second kappa shape index (κ2) is 9.25. The molecule has 3 N–H and O–H groups in total. The van der Waals surface area contributed by atoms with E-state index in [1.807, 2.05) is 4.90 Å². The van der Waals surface area contributed by atoms with Gasteiger partial charge < -0.3 is 20.6 Å². The highest BCUT2D eigenvalue weighted by Crippen LogP contribution is 2.46. The first-order chi connectivity index (χ1) is 17.4. The molecule has 3 heterocycles. The van der Waals surface area contributed by atoms with E-state index in [-0.39, 0.29) is 22.2 Å². The van der Waals surface area contributed by atoms with Crippen molar-refractivity contribution in [3.8, 4) is 11.3 Å². The predicted octanol–water partition coefficient (Wildman–Crippen LogP) is 4.61. The molecule has 2 saturated heterocycles. The van der Waals surface area contributed by atoms with Crippen molar-refractivity contribution in [2.24, 2.45) is 11.1 Å². The van der Waals surface area contributed by atoms with E-state index in [4.69, 9.17) is 33.9 Å². The van der Waals surface area contributed by atoms with Crippen molar-refractivity contribution in [2.75, 3.05) is 31.1 Å². The second-order valence-corrected chi connectivity index (χ2v) is 11.3. The van der Waals surface area contributed by atoms with Crippen LogP contribution in [-0.2, 0) is 0 Å². The van der Waals surface area contributed by atoms with Gasteiger partial charge in [0.15, 0.2) is 17.1 Å². The van der Waals surface area contributed by atoms with Crippen molar-refractivity contribution in [3.63, 3.8) is 0 Å². The molecule has 2 aliphatic heterocycles. The number of carbonyl (C=O) groups is 1. The first-order valence-electron chi connectivity index (χ1n) is 12.3. The van der Waals surface area contributed by atoms with Crippen LogP contribution >= 0.6 is 23.2 Å². The molecule has 37 heavy (non-hydrogen) atoms. The van der Waals surface area contributed by atoms with Gasteiger partial charge >= 0.3 is 6.18 Å². The van der Waals surface area contributed by atoms with Gasteiger partial charge in [0.25, 0.3) is 5.91 Å². The number of aryl methyl sites for hydroxylation is 1. The Labute approximate surface area is 222 Å². The molecule has 1 amide bonds. The number of aromatic nitrogens is 2. The van der Waals surface area contributed by atoms with Gasteiger partial charge in [0.1, 0.15) is 0 Å². The lowest BCUT2D eigenvalue weighted by Crippen LogP contribution is -2.70. The fourth-order valence-electron chi connectivity index (χ4n) is 5.82. The number of aliphatic hydroxyl groups is 1. The van der Waals surface area contributed by atoms with Gasteiger partial charge in [0.2, 0.25) is 0 Å². The molecular formula is C25H28Cl2F3N5O2. The number of hydrogen-bond acceptors (Lipinski definition) is 6. The molecule has 1 spiro atoms. The summed E-state index contributed by atoms with van der Waals surface area (Å²) >= 11 is 12.6. The number of nitrogens with two attached hydrogens (primary N) is 1. The lowest BCUT2D eigenvalue weighted by atomic mass is 9.74. The SMILES string of the molecule is Cc1nc(N2CCC3(CCC[C@H]3N)CC2)c(C(=O)N2CC(O)(C(F)(F)F)C2)nc1-c1cccc(Cl)c1Cl. The Morgan fingerprint density at radius 1 is 1.16 bits per heavy atom. The Morgan fingerprint density at radius 2 is 1.84 bits per heavy atom. The molecule has 3 aliphatic rings. The van der Waals surface area contributed by atoms with Crippen LogP contribution in [0.5, 0.6) is 0 Å². The Bertz CT molecular complexity index is 1230. The Kier molecular flexibility index (Phi) is 6.62. The van der Waals surface area contributed by atoms with Gasteiger partial charge in [0.05, 0.1) is 34.5 Å². The van der Waals surface area contributed by atoms with Crippen molar-refractivity contribution in [1.82, 2.24) is 14.9 Å². The van der Waals surface area contributed by atoms with E-state index in [0.29, 0.717) is 40.9 Å². The van der Waals surface area contributed by atoms with Gasteiger partial charge in [0, 0.05) is 24.7 Å². The number of alkyl halides is 3. The maximum absolute atomic E-state index is 13.5. The molecule has 3 fully saturated rings. The first-order valence-corrected chi connectivity index (χ1v) is 13.0. The van der Waals surface area contributed by atoms with Gasteiger partial charge in [-0.1, -0.05) is 41.8 Å². The van der Waals surface area contributed by atoms with E-state index in [0.717, 1.165) is 37.0 Å². The van der Waals surface area contributed by atoms with E-state index >= 15 is 0 Å². The number of piperidine rings is 1. The quantitative estimate of drug-likeness (QED) is 0.572. The fraction of sp³-hybridized carbons (Fsp3) is 0.560. The molecule has 1 aromatic carbocycles. The van der Waals surface area contributed by atoms with Crippen molar-refractivity contribution in [2.45, 2.75) is 56.8 Å². The van der Waals surface area contributed by atoms with Crippen molar-refractivity contribution in [3.05, 3.63) is 39.6 Å². The van der Waals surface area contributed by atoms with E-state index < -0.39 is 30.8 Å². The van der Waals surface area contributed by atoms with Gasteiger partial charge in [-0.2, -0.15) is 13.2 Å². The number of benzene rings is 1. The largest absolute Gasteiger partial charge is 0.420 e. The maximum Gasteiger partial charge on any atom is 0.420 e. The normalized spacial score (nSPS) is 22.9. The monoisotopic (exact) mass is 557 g/mol. The minimum atomic E-state index is -4.84. The summed E-state index contributed by atoms with van der Waals surface area (Å²) in [6.07, 6.45) is -0.0184. The summed E-state index contributed by atoms with van der Waals surface area (Å²) in [5.74, 6) is -0.415. The third kappa shape index (κ3) is 4.45. The number of halogens is 5. The zero-order valence-electron chi connectivity index (χ0n) is 20.3. The molecule has 2 aromatic rings. The number of hydrogen-bond donors (Lipinski definition) is 2. The van der Waals surface area contributed by atoms with E-state index in [1.54, 1.807) is 25.1 Å². The highest BCUT2D eigenvalue weighted by atomic mass is 35.5. The summed E-state index contributed by atoms with van der Waals surface area (Å²) in [4.78, 5) is 25.7. The molecule has 0 bridgehead atoms. The summed E-state index contributed by atoms with van der Waals surface area (Å²) in [6, 6.07) is 5.13. The minimum Gasteiger partial charge on any atom is -0.378 e. The minimum absolute atomic E-state index is 0.0675. The van der Waals surface area contributed by atoms with Gasteiger partial charge in [-0.05, 0) is 44.1 Å². The number of nitrogens with zero attached hydrogens (tertiary/aromatic N) is 4. The van der Waals surface area contributed by atoms with Crippen LogP contribution in [0.15, 0.2) is 18.2 Å². The van der Waals surface area contributed by atoms with Gasteiger partial charge in [-0.15, -0.1) is 0 Å². The van der Waals surface area contributed by atoms with Crippen LogP contribution in [0.4, 0.5) is 19.0 Å². The molecule has 0 radical (unpaired) electrons. The van der Waals surface area contributed by atoms with Crippen LogP contribution in [0.1, 0.15) is 48.3 Å². The summed E-state index contributed by atoms with van der Waals surface area (Å²) in [5.41, 5.74) is 4.76. The Morgan fingerprint density at radius 3 is 2.43 bits per heavy atom. The molecule has 5 rings (SSSR count). The molecular weight excluding hydrogens is 530 g/mol. The molecule has 0 unspecified atom stereocenters. The number of likely N-dealkylation sites (tertiary alicyclic amines) is 1. The van der Waals surface area contributed by atoms with Crippen LogP contribution in [0.25, 0.3) is 11.3 Å². The number of β-amino-alcohol motifs (C(OH)–C–C–N with tert-alkyl or cyclic N) is 1. The average Bonchev–Trinajstić information content (AvgIpc) is 3.17. The van der Waals surface area contributed by atoms with Crippen LogP contribution < -0.4 is 10.6 Å². The van der Waals surface area contributed by atoms with Gasteiger partial charge in [-0.3, -0.25) is 4.79 Å². The molecule has 200 valence electrons. The Hall–Kier alpha value is -2.14. The number of rotatable bonds is 3. The van der Waals surface area contributed by atoms with E-state index in [1.165, 1.54) is 0 Å². The topological polar surface area (TPSA) is 95.6 Å². The third-order valence-corrected chi connectivity index (χ3v) is 9.03. The van der Waals surface area contributed by atoms with Gasteiger partial charge in [-0.25, -0.2) is 9.97 Å². The fourth-order valence-corrected chi connectivity index (χ4v) is 6.21. The van der Waals surface area contributed by atoms with Crippen molar-refractivity contribution in [1.29, 1.82) is 0 Å². The second-order valence-electron chi connectivity index (χ2n) is 10.5.